The number of pyridine rings is 1. The van der Waals surface area contributed by atoms with Crippen molar-refractivity contribution in [2.75, 3.05) is 29.4 Å². The number of nitrogens with zero attached hydrogens (tertiary/aromatic N) is 5. The van der Waals surface area contributed by atoms with E-state index in [-0.39, 0.29) is 6.42 Å². The van der Waals surface area contributed by atoms with Gasteiger partial charge in [-0.05, 0) is 82.2 Å². The Kier molecular flexibility index (Phi) is 8.46. The van der Waals surface area contributed by atoms with Gasteiger partial charge in [-0.25, -0.2) is 9.97 Å². The number of para-hydroxylation sites is 1. The number of hydrogen-bond donors (Lipinski definition) is 2. The number of carbonyl (C=O) groups is 1. The van der Waals surface area contributed by atoms with E-state index in [0.717, 1.165) is 101 Å². The van der Waals surface area contributed by atoms with Crippen LogP contribution in [-0.4, -0.2) is 56.4 Å². The first kappa shape index (κ1) is 30.5. The van der Waals surface area contributed by atoms with E-state index in [2.05, 4.69) is 43.0 Å². The van der Waals surface area contributed by atoms with Gasteiger partial charge in [0.05, 0.1) is 17.7 Å². The molecule has 3 aromatic heterocycles. The van der Waals surface area contributed by atoms with Crippen molar-refractivity contribution in [3.63, 3.8) is 0 Å². The Bertz CT molecular complexity index is 1850. The Hall–Kier alpha value is -4.50. The first-order chi connectivity index (χ1) is 21.6. The average Bonchev–Trinajstić information content (AvgIpc) is 3.40. The van der Waals surface area contributed by atoms with Crippen LogP contribution in [0.15, 0.2) is 59.4 Å². The molecule has 2 aliphatic heterocycles. The molecule has 0 bridgehead atoms. The molecule has 7 rings (SSSR count). The van der Waals surface area contributed by atoms with Crippen LogP contribution in [0.2, 0.25) is 0 Å². The van der Waals surface area contributed by atoms with Gasteiger partial charge < -0.3 is 24.4 Å². The molecule has 0 atom stereocenters. The van der Waals surface area contributed by atoms with Crippen LogP contribution in [0.25, 0.3) is 33.2 Å². The van der Waals surface area contributed by atoms with Gasteiger partial charge in [-0.1, -0.05) is 30.3 Å². The molecule has 9 nitrogen and oxygen atoms in total. The van der Waals surface area contributed by atoms with Gasteiger partial charge in [0.25, 0.3) is 0 Å². The fourth-order valence-electron chi connectivity index (χ4n) is 6.33. The number of benzene rings is 2. The Balaban J connectivity index is 0.000000664. The lowest BCUT2D eigenvalue weighted by Gasteiger charge is -2.33. The van der Waals surface area contributed by atoms with Gasteiger partial charge in [-0.3, -0.25) is 9.78 Å². The Morgan fingerprint density at radius 3 is 2.47 bits per heavy atom. The summed E-state index contributed by atoms with van der Waals surface area (Å²) >= 11 is 0. The van der Waals surface area contributed by atoms with E-state index < -0.39 is 11.6 Å². The highest BCUT2D eigenvalue weighted by molar-refractivity contribution is 6.05. The molecule has 1 fully saturated rings. The zero-order valence-electron chi connectivity index (χ0n) is 26.5. The fourth-order valence-corrected chi connectivity index (χ4v) is 6.33. The third-order valence-corrected chi connectivity index (χ3v) is 8.33. The summed E-state index contributed by atoms with van der Waals surface area (Å²) in [6.07, 6.45) is 7.86. The number of aryl methyl sites for hydroxylation is 1. The number of aromatic nitrogens is 3. The lowest BCUT2D eigenvalue weighted by atomic mass is 9.92. The Morgan fingerprint density at radius 1 is 0.956 bits per heavy atom. The molecule has 2 aromatic carbocycles. The van der Waals surface area contributed by atoms with Crippen LogP contribution < -0.4 is 9.80 Å². The standard InChI is InChI=1S/C32H31N5O3.C4H10O/c1-20-25(16-28(38)39)30(36-12-5-2-6-13-36)26(17-33-20)22-9-10-23-18-37(14-11-21(23)15-22)32-31-29(34-19-35-32)24-7-3-4-8-27(24)40-31;1-4(2,3)5/h3-4,7-10,15,17,19H,2,5-6,11-14,16,18H2,1H3,(H,38,39);5H,1-3H3. The minimum Gasteiger partial charge on any atom is -0.481 e. The number of piperidine rings is 1. The van der Waals surface area contributed by atoms with Gasteiger partial charge in [-0.2, -0.15) is 0 Å². The van der Waals surface area contributed by atoms with E-state index in [1.807, 2.05) is 37.4 Å². The summed E-state index contributed by atoms with van der Waals surface area (Å²) in [7, 11) is 0. The zero-order chi connectivity index (χ0) is 31.7. The lowest BCUT2D eigenvalue weighted by Crippen LogP contribution is -2.32. The number of fused-ring (bicyclic) bond motifs is 4. The highest BCUT2D eigenvalue weighted by Crippen LogP contribution is 2.39. The second kappa shape index (κ2) is 12.5. The monoisotopic (exact) mass is 607 g/mol. The average molecular weight is 608 g/mol. The summed E-state index contributed by atoms with van der Waals surface area (Å²) in [6, 6.07) is 14.6. The number of carboxylic acid groups (broad SMARTS) is 1. The predicted octanol–water partition coefficient (Wildman–Crippen LogP) is 6.70. The molecular formula is C36H41N5O4. The summed E-state index contributed by atoms with van der Waals surface area (Å²) < 4.78 is 6.20. The molecule has 9 heteroatoms. The summed E-state index contributed by atoms with van der Waals surface area (Å²) in [5, 5.41) is 19.2. The summed E-state index contributed by atoms with van der Waals surface area (Å²) in [6.45, 7) is 10.6. The zero-order valence-corrected chi connectivity index (χ0v) is 26.5. The first-order valence-electron chi connectivity index (χ1n) is 15.7. The van der Waals surface area contributed by atoms with Gasteiger partial charge in [0, 0.05) is 54.6 Å². The van der Waals surface area contributed by atoms with E-state index in [0.29, 0.717) is 0 Å². The maximum Gasteiger partial charge on any atom is 0.307 e. The largest absolute Gasteiger partial charge is 0.481 e. The maximum atomic E-state index is 11.8. The number of aliphatic carboxylic acids is 1. The highest BCUT2D eigenvalue weighted by Gasteiger charge is 2.26. The normalized spacial score (nSPS) is 15.1. The van der Waals surface area contributed by atoms with Crippen LogP contribution in [0.5, 0.6) is 0 Å². The molecule has 0 aliphatic carbocycles. The number of hydrogen-bond acceptors (Lipinski definition) is 8. The van der Waals surface area contributed by atoms with Crippen molar-refractivity contribution in [3.05, 3.63) is 77.4 Å². The molecule has 0 unspecified atom stereocenters. The summed E-state index contributed by atoms with van der Waals surface area (Å²) in [4.78, 5) is 30.2. The van der Waals surface area contributed by atoms with Gasteiger partial charge in [-0.15, -0.1) is 0 Å². The molecule has 1 saturated heterocycles. The molecule has 0 spiro atoms. The third kappa shape index (κ3) is 6.63. The van der Waals surface area contributed by atoms with Crippen LogP contribution in [-0.2, 0) is 24.2 Å². The summed E-state index contributed by atoms with van der Waals surface area (Å²) in [5.41, 5.74) is 9.22. The smallest absolute Gasteiger partial charge is 0.307 e. The van der Waals surface area contributed by atoms with Crippen LogP contribution in [0.3, 0.4) is 0 Å². The van der Waals surface area contributed by atoms with Gasteiger partial charge in [0.15, 0.2) is 11.4 Å². The summed E-state index contributed by atoms with van der Waals surface area (Å²) in [5.74, 6) is -0.00141. The molecule has 5 heterocycles. The van der Waals surface area contributed by atoms with Gasteiger partial charge >= 0.3 is 5.97 Å². The number of rotatable bonds is 5. The molecule has 2 N–H and O–H groups in total. The lowest BCUT2D eigenvalue weighted by molar-refractivity contribution is -0.136. The number of anilines is 2. The van der Waals surface area contributed by atoms with Crippen LogP contribution in [0.4, 0.5) is 11.5 Å². The molecular weight excluding hydrogens is 566 g/mol. The van der Waals surface area contributed by atoms with Crippen molar-refractivity contribution < 1.29 is 19.4 Å². The van der Waals surface area contributed by atoms with Crippen LogP contribution >= 0.6 is 0 Å². The predicted molar refractivity (Wildman–Crippen MR) is 178 cm³/mol. The maximum absolute atomic E-state index is 11.8. The Labute approximate surface area is 263 Å². The van der Waals surface area contributed by atoms with E-state index in [4.69, 9.17) is 9.52 Å². The molecule has 5 aromatic rings. The molecule has 0 saturated carbocycles. The van der Waals surface area contributed by atoms with E-state index in [1.165, 1.54) is 17.5 Å². The topological polar surface area (TPSA) is 116 Å². The Morgan fingerprint density at radius 2 is 1.71 bits per heavy atom. The van der Waals surface area contributed by atoms with Crippen LogP contribution in [0, 0.1) is 6.92 Å². The third-order valence-electron chi connectivity index (χ3n) is 8.33. The van der Waals surface area contributed by atoms with E-state index in [9.17, 15) is 9.90 Å². The molecule has 234 valence electrons. The fraction of sp³-hybridized carbons (Fsp3) is 0.389. The van der Waals surface area contributed by atoms with Crippen molar-refractivity contribution in [3.8, 4) is 11.1 Å². The van der Waals surface area contributed by atoms with E-state index in [1.54, 1.807) is 27.1 Å². The van der Waals surface area contributed by atoms with Gasteiger partial charge in [0.2, 0.25) is 0 Å². The molecule has 0 radical (unpaired) electrons. The number of carboxylic acids is 1. The number of furan rings is 1. The molecule has 45 heavy (non-hydrogen) atoms. The van der Waals surface area contributed by atoms with Crippen molar-refractivity contribution in [2.24, 2.45) is 0 Å². The first-order valence-corrected chi connectivity index (χ1v) is 15.7. The van der Waals surface area contributed by atoms with Crippen molar-refractivity contribution >= 4 is 39.5 Å². The number of aliphatic hydroxyl groups is 1. The van der Waals surface area contributed by atoms with Crippen molar-refractivity contribution in [1.82, 2.24) is 15.0 Å². The highest BCUT2D eigenvalue weighted by atomic mass is 16.4. The SMILES string of the molecule is CC(C)(C)O.Cc1ncc(-c2ccc3c(c2)CCN(c2ncnc4c2oc2ccccc24)C3)c(N2CCCCC2)c1CC(=O)O. The molecule has 2 aliphatic rings. The minimum absolute atomic E-state index is 0.0202. The minimum atomic E-state index is -0.825. The quantitative estimate of drug-likeness (QED) is 0.225. The second-order valence-corrected chi connectivity index (χ2v) is 13.0. The van der Waals surface area contributed by atoms with Gasteiger partial charge in [0.1, 0.15) is 17.4 Å². The molecule has 0 amide bonds. The van der Waals surface area contributed by atoms with Crippen LogP contribution in [0.1, 0.15) is 62.4 Å². The van der Waals surface area contributed by atoms with E-state index >= 15 is 0 Å². The second-order valence-electron chi connectivity index (χ2n) is 13.0. The van der Waals surface area contributed by atoms with Crippen molar-refractivity contribution in [2.45, 2.75) is 71.9 Å². The van der Waals surface area contributed by atoms with Crippen molar-refractivity contribution in [1.29, 1.82) is 0 Å².